The highest BCUT2D eigenvalue weighted by atomic mass is 15.0. The molecule has 1 heteroatoms. The molecule has 2 aromatic rings. The summed E-state index contributed by atoms with van der Waals surface area (Å²) in [6, 6.07) is 20.0. The molecule has 1 aliphatic rings. The summed E-state index contributed by atoms with van der Waals surface area (Å²) < 4.78 is 0. The lowest BCUT2D eigenvalue weighted by Gasteiger charge is -2.22. The van der Waals surface area contributed by atoms with E-state index in [-0.39, 0.29) is 0 Å². The van der Waals surface area contributed by atoms with E-state index in [0.29, 0.717) is 11.8 Å². The van der Waals surface area contributed by atoms with Crippen LogP contribution in [0.4, 0.5) is 0 Å². The number of hydrogen-bond acceptors (Lipinski definition) is 1. The second-order valence-electron chi connectivity index (χ2n) is 6.12. The summed E-state index contributed by atoms with van der Waals surface area (Å²) in [5.41, 5.74) is 4.61. The van der Waals surface area contributed by atoms with Crippen molar-refractivity contribution in [2.24, 2.45) is 0 Å². The highest BCUT2D eigenvalue weighted by Gasteiger charge is 2.32. The van der Waals surface area contributed by atoms with Crippen molar-refractivity contribution in [3.63, 3.8) is 0 Å². The quantitative estimate of drug-likeness (QED) is 0.805. The lowest BCUT2D eigenvalue weighted by molar-refractivity contribution is 0.370. The molecule has 0 radical (unpaired) electrons. The summed E-state index contributed by atoms with van der Waals surface area (Å²) in [7, 11) is 4.33. The van der Waals surface area contributed by atoms with Gasteiger partial charge in [0.05, 0.1) is 0 Å². The molecule has 2 aromatic carbocycles. The first-order valence-corrected chi connectivity index (χ1v) is 7.53. The van der Waals surface area contributed by atoms with Crippen molar-refractivity contribution >= 4 is 0 Å². The molecule has 0 aliphatic heterocycles. The Labute approximate surface area is 122 Å². The van der Waals surface area contributed by atoms with Gasteiger partial charge < -0.3 is 4.90 Å². The number of fused-ring (bicyclic) bond motifs is 1. The lowest BCUT2D eigenvalue weighted by Crippen LogP contribution is -2.17. The van der Waals surface area contributed by atoms with Gasteiger partial charge in [0.15, 0.2) is 0 Å². The van der Waals surface area contributed by atoms with Crippen molar-refractivity contribution in [2.75, 3.05) is 20.6 Å². The number of benzene rings is 2. The van der Waals surface area contributed by atoms with Crippen LogP contribution in [0, 0.1) is 0 Å². The summed E-state index contributed by atoms with van der Waals surface area (Å²) in [5, 5.41) is 0. The molecule has 3 rings (SSSR count). The first kappa shape index (κ1) is 13.4. The van der Waals surface area contributed by atoms with Crippen LogP contribution in [-0.4, -0.2) is 25.5 Å². The van der Waals surface area contributed by atoms with E-state index >= 15 is 0 Å². The van der Waals surface area contributed by atoms with E-state index in [1.54, 1.807) is 11.1 Å². The smallest absolute Gasteiger partial charge is 0.00188 e. The zero-order valence-electron chi connectivity index (χ0n) is 12.4. The van der Waals surface area contributed by atoms with Gasteiger partial charge in [-0.1, -0.05) is 54.6 Å². The molecular formula is C19H23N. The van der Waals surface area contributed by atoms with E-state index in [1.807, 2.05) is 0 Å². The SMILES string of the molecule is CN(C)CC[C@@H]1c2ccccc2C[C@H]1c1ccccc1. The normalized spacial score (nSPS) is 21.1. The van der Waals surface area contributed by atoms with Crippen LogP contribution in [0.15, 0.2) is 54.6 Å². The molecule has 2 atom stereocenters. The Balaban J connectivity index is 1.90. The van der Waals surface area contributed by atoms with Crippen LogP contribution < -0.4 is 0 Å². The molecule has 0 heterocycles. The van der Waals surface area contributed by atoms with E-state index < -0.39 is 0 Å². The van der Waals surface area contributed by atoms with Crippen LogP contribution in [0.1, 0.15) is 34.9 Å². The van der Waals surface area contributed by atoms with Crippen molar-refractivity contribution in [2.45, 2.75) is 24.7 Å². The zero-order valence-corrected chi connectivity index (χ0v) is 12.4. The maximum atomic E-state index is 2.33. The van der Waals surface area contributed by atoms with Gasteiger partial charge in [0.2, 0.25) is 0 Å². The third-order valence-electron chi connectivity index (χ3n) is 4.50. The number of nitrogens with zero attached hydrogens (tertiary/aromatic N) is 1. The van der Waals surface area contributed by atoms with E-state index in [2.05, 4.69) is 73.6 Å². The van der Waals surface area contributed by atoms with Gasteiger partial charge in [0.1, 0.15) is 0 Å². The Morgan fingerprint density at radius 3 is 2.40 bits per heavy atom. The summed E-state index contributed by atoms with van der Waals surface area (Å²) in [6.45, 7) is 1.16. The first-order chi connectivity index (χ1) is 9.75. The van der Waals surface area contributed by atoms with Crippen molar-refractivity contribution in [3.05, 3.63) is 71.3 Å². The molecule has 0 spiro atoms. The Bertz CT molecular complexity index is 559. The fraction of sp³-hybridized carbons (Fsp3) is 0.368. The fourth-order valence-corrected chi connectivity index (χ4v) is 3.48. The minimum absolute atomic E-state index is 0.647. The summed E-state index contributed by atoms with van der Waals surface area (Å²) >= 11 is 0. The topological polar surface area (TPSA) is 3.24 Å². The summed E-state index contributed by atoms with van der Waals surface area (Å²) in [5.74, 6) is 1.31. The van der Waals surface area contributed by atoms with Crippen LogP contribution >= 0.6 is 0 Å². The Hall–Kier alpha value is -1.60. The van der Waals surface area contributed by atoms with Crippen LogP contribution in [0.3, 0.4) is 0 Å². The van der Waals surface area contributed by atoms with Gasteiger partial charge in [0, 0.05) is 0 Å². The van der Waals surface area contributed by atoms with Crippen LogP contribution in [0.5, 0.6) is 0 Å². The van der Waals surface area contributed by atoms with Gasteiger partial charge in [-0.3, -0.25) is 0 Å². The zero-order chi connectivity index (χ0) is 13.9. The number of hydrogen-bond donors (Lipinski definition) is 0. The van der Waals surface area contributed by atoms with Crippen molar-refractivity contribution in [1.82, 2.24) is 4.90 Å². The molecule has 0 fully saturated rings. The molecule has 0 amide bonds. The average Bonchev–Trinajstić information content (AvgIpc) is 2.84. The maximum absolute atomic E-state index is 2.33. The standard InChI is InChI=1S/C19H23N/c1-20(2)13-12-18-17-11-7-6-10-16(17)14-19(18)15-8-4-3-5-9-15/h3-11,18-19H,12-14H2,1-2H3/t18-,19+/m1/s1. The van der Waals surface area contributed by atoms with E-state index in [1.165, 1.54) is 18.4 Å². The van der Waals surface area contributed by atoms with Crippen LogP contribution in [0.2, 0.25) is 0 Å². The minimum atomic E-state index is 0.647. The highest BCUT2D eigenvalue weighted by Crippen LogP contribution is 2.45. The molecule has 0 N–H and O–H groups in total. The molecule has 0 aromatic heterocycles. The molecule has 104 valence electrons. The molecule has 0 saturated heterocycles. The van der Waals surface area contributed by atoms with E-state index in [4.69, 9.17) is 0 Å². The molecular weight excluding hydrogens is 242 g/mol. The van der Waals surface area contributed by atoms with Gasteiger partial charge >= 0.3 is 0 Å². The Morgan fingerprint density at radius 1 is 0.950 bits per heavy atom. The third kappa shape index (κ3) is 2.64. The molecule has 0 saturated carbocycles. The molecule has 0 bridgehead atoms. The molecule has 1 aliphatic carbocycles. The van der Waals surface area contributed by atoms with Gasteiger partial charge in [-0.2, -0.15) is 0 Å². The van der Waals surface area contributed by atoms with Crippen LogP contribution in [-0.2, 0) is 6.42 Å². The lowest BCUT2D eigenvalue weighted by atomic mass is 9.84. The first-order valence-electron chi connectivity index (χ1n) is 7.53. The largest absolute Gasteiger partial charge is 0.309 e. The predicted octanol–water partition coefficient (Wildman–Crippen LogP) is 4.06. The van der Waals surface area contributed by atoms with Crippen molar-refractivity contribution in [3.8, 4) is 0 Å². The third-order valence-corrected chi connectivity index (χ3v) is 4.50. The average molecular weight is 265 g/mol. The Kier molecular flexibility index (Phi) is 3.88. The van der Waals surface area contributed by atoms with Gasteiger partial charge in [-0.05, 0) is 62.0 Å². The van der Waals surface area contributed by atoms with Crippen molar-refractivity contribution < 1.29 is 0 Å². The highest BCUT2D eigenvalue weighted by molar-refractivity contribution is 5.41. The van der Waals surface area contributed by atoms with Gasteiger partial charge in [-0.25, -0.2) is 0 Å². The van der Waals surface area contributed by atoms with E-state index in [9.17, 15) is 0 Å². The Morgan fingerprint density at radius 2 is 1.65 bits per heavy atom. The van der Waals surface area contributed by atoms with Crippen LogP contribution in [0.25, 0.3) is 0 Å². The second kappa shape index (κ2) is 5.80. The summed E-state index contributed by atoms with van der Waals surface area (Å²) in [6.07, 6.45) is 2.43. The molecule has 20 heavy (non-hydrogen) atoms. The maximum Gasteiger partial charge on any atom is -0.00188 e. The van der Waals surface area contributed by atoms with Gasteiger partial charge in [0.25, 0.3) is 0 Å². The number of rotatable bonds is 4. The monoisotopic (exact) mass is 265 g/mol. The van der Waals surface area contributed by atoms with Crippen molar-refractivity contribution in [1.29, 1.82) is 0 Å². The predicted molar refractivity (Wildman–Crippen MR) is 85.2 cm³/mol. The second-order valence-corrected chi connectivity index (χ2v) is 6.12. The fourth-order valence-electron chi connectivity index (χ4n) is 3.48. The van der Waals surface area contributed by atoms with Gasteiger partial charge in [-0.15, -0.1) is 0 Å². The van der Waals surface area contributed by atoms with E-state index in [0.717, 1.165) is 6.54 Å². The minimum Gasteiger partial charge on any atom is -0.309 e. The molecule has 1 nitrogen and oxygen atoms in total. The summed E-state index contributed by atoms with van der Waals surface area (Å²) in [4.78, 5) is 2.29. The molecule has 0 unspecified atom stereocenters.